The summed E-state index contributed by atoms with van der Waals surface area (Å²) in [5, 5.41) is 0. The van der Waals surface area contributed by atoms with E-state index >= 15 is 0 Å². The van der Waals surface area contributed by atoms with E-state index in [2.05, 4.69) is 4.98 Å². The maximum Gasteiger partial charge on any atom is 0.235 e. The quantitative estimate of drug-likeness (QED) is 0.631. The van der Waals surface area contributed by atoms with Crippen LogP contribution < -0.4 is 11.5 Å². The van der Waals surface area contributed by atoms with Gasteiger partial charge in [-0.3, -0.25) is 9.69 Å². The smallest absolute Gasteiger partial charge is 0.235 e. The molecule has 0 bridgehead atoms. The predicted octanol–water partition coefficient (Wildman–Crippen LogP) is -1.34. The zero-order valence-corrected chi connectivity index (χ0v) is 9.05. The van der Waals surface area contributed by atoms with Gasteiger partial charge in [-0.1, -0.05) is 0 Å². The first kappa shape index (κ1) is 11.7. The minimum Gasteiger partial charge on any atom is -0.368 e. The number of aromatic nitrogens is 2. The second kappa shape index (κ2) is 4.90. The Morgan fingerprint density at radius 1 is 1.73 bits per heavy atom. The Morgan fingerprint density at radius 2 is 2.40 bits per heavy atom. The molecule has 1 unspecified atom stereocenters. The van der Waals surface area contributed by atoms with Crippen LogP contribution in [0.15, 0.2) is 12.4 Å². The van der Waals surface area contributed by atoms with E-state index in [0.29, 0.717) is 13.1 Å². The number of nitrogens with zero attached hydrogens (tertiary/aromatic N) is 3. The summed E-state index contributed by atoms with van der Waals surface area (Å²) in [6.45, 7) is 1.08. The van der Waals surface area contributed by atoms with Crippen LogP contribution in [0.4, 0.5) is 0 Å². The number of hydrogen-bond donors (Lipinski definition) is 2. The molecule has 0 radical (unpaired) electrons. The molecule has 6 heteroatoms. The fraction of sp³-hybridized carbons (Fsp3) is 0.556. The van der Waals surface area contributed by atoms with E-state index in [4.69, 9.17) is 11.5 Å². The summed E-state index contributed by atoms with van der Waals surface area (Å²) in [6.07, 6.45) is 3.61. The van der Waals surface area contributed by atoms with Crippen LogP contribution in [-0.4, -0.2) is 40.0 Å². The highest BCUT2D eigenvalue weighted by molar-refractivity contribution is 5.79. The second-order valence-electron chi connectivity index (χ2n) is 3.66. The fourth-order valence-electron chi connectivity index (χ4n) is 1.28. The Morgan fingerprint density at radius 3 is 2.87 bits per heavy atom. The van der Waals surface area contributed by atoms with Gasteiger partial charge in [0.25, 0.3) is 0 Å². The number of carbonyl (C=O) groups is 1. The number of rotatable bonds is 5. The summed E-state index contributed by atoms with van der Waals surface area (Å²) < 4.78 is 1.92. The number of likely N-dealkylation sites (N-methyl/N-ethyl adjacent to an activating group) is 1. The van der Waals surface area contributed by atoms with Gasteiger partial charge in [0.1, 0.15) is 5.82 Å². The summed E-state index contributed by atoms with van der Waals surface area (Å²) >= 11 is 0. The van der Waals surface area contributed by atoms with Crippen LogP contribution in [0.5, 0.6) is 0 Å². The van der Waals surface area contributed by atoms with Crippen LogP contribution in [0.2, 0.25) is 0 Å². The van der Waals surface area contributed by atoms with Crippen molar-refractivity contribution in [3.63, 3.8) is 0 Å². The number of carbonyl (C=O) groups excluding carboxylic acids is 1. The highest BCUT2D eigenvalue weighted by Crippen LogP contribution is 1.99. The average Bonchev–Trinajstić information content (AvgIpc) is 2.51. The monoisotopic (exact) mass is 211 g/mol. The molecule has 0 aliphatic rings. The van der Waals surface area contributed by atoms with Gasteiger partial charge in [0.15, 0.2) is 0 Å². The number of imidazole rings is 1. The number of hydrogen-bond acceptors (Lipinski definition) is 4. The molecule has 0 spiro atoms. The molecule has 1 heterocycles. The summed E-state index contributed by atoms with van der Waals surface area (Å²) in [5.41, 5.74) is 10.6. The van der Waals surface area contributed by atoms with Gasteiger partial charge in [0.2, 0.25) is 5.91 Å². The number of primary amides is 1. The topological polar surface area (TPSA) is 90.2 Å². The molecule has 0 fully saturated rings. The van der Waals surface area contributed by atoms with Gasteiger partial charge in [-0.2, -0.15) is 0 Å². The molecule has 1 aromatic heterocycles. The van der Waals surface area contributed by atoms with Crippen LogP contribution in [0.25, 0.3) is 0 Å². The first-order chi connectivity index (χ1) is 7.00. The van der Waals surface area contributed by atoms with Crippen LogP contribution >= 0.6 is 0 Å². The fourth-order valence-corrected chi connectivity index (χ4v) is 1.28. The Bertz CT molecular complexity index is 335. The summed E-state index contributed by atoms with van der Waals surface area (Å²) in [4.78, 5) is 16.8. The van der Waals surface area contributed by atoms with E-state index in [1.165, 1.54) is 0 Å². The number of aryl methyl sites for hydroxylation is 1. The van der Waals surface area contributed by atoms with Crippen LogP contribution in [0, 0.1) is 0 Å². The van der Waals surface area contributed by atoms with E-state index in [1.807, 2.05) is 29.8 Å². The predicted molar refractivity (Wildman–Crippen MR) is 56.7 cm³/mol. The van der Waals surface area contributed by atoms with Crippen LogP contribution in [-0.2, 0) is 18.4 Å². The van der Waals surface area contributed by atoms with Gasteiger partial charge in [0.05, 0.1) is 12.6 Å². The molecule has 4 N–H and O–H groups in total. The molecule has 84 valence electrons. The first-order valence-electron chi connectivity index (χ1n) is 4.70. The van der Waals surface area contributed by atoms with Gasteiger partial charge in [-0.15, -0.1) is 0 Å². The van der Waals surface area contributed by atoms with Crippen molar-refractivity contribution in [1.29, 1.82) is 0 Å². The lowest BCUT2D eigenvalue weighted by atomic mass is 10.3. The van der Waals surface area contributed by atoms with Crippen molar-refractivity contribution in [2.45, 2.75) is 12.6 Å². The second-order valence-corrected chi connectivity index (χ2v) is 3.66. The molecule has 6 nitrogen and oxygen atoms in total. The number of amides is 1. The van der Waals surface area contributed by atoms with Gasteiger partial charge in [-0.05, 0) is 7.05 Å². The van der Waals surface area contributed by atoms with Gasteiger partial charge < -0.3 is 16.0 Å². The maximum absolute atomic E-state index is 10.8. The highest BCUT2D eigenvalue weighted by Gasteiger charge is 2.13. The third-order valence-corrected chi connectivity index (χ3v) is 2.21. The molecule has 1 atom stereocenters. The van der Waals surface area contributed by atoms with Crippen molar-refractivity contribution in [3.8, 4) is 0 Å². The van der Waals surface area contributed by atoms with E-state index in [-0.39, 0.29) is 0 Å². The van der Waals surface area contributed by atoms with Gasteiger partial charge in [-0.25, -0.2) is 4.98 Å². The molecule has 1 amide bonds. The molecule has 0 aromatic carbocycles. The zero-order valence-electron chi connectivity index (χ0n) is 9.05. The van der Waals surface area contributed by atoms with Gasteiger partial charge >= 0.3 is 0 Å². The lowest BCUT2D eigenvalue weighted by molar-refractivity contribution is -0.119. The maximum atomic E-state index is 10.8. The summed E-state index contributed by atoms with van der Waals surface area (Å²) in [5.74, 6) is 0.441. The van der Waals surface area contributed by atoms with Crippen molar-refractivity contribution in [2.24, 2.45) is 18.5 Å². The molecular formula is C9H17N5O. The largest absolute Gasteiger partial charge is 0.368 e. The standard InChI is InChI=1S/C9H17N5O/c1-13(5-7(10)9(11)15)6-8-12-3-4-14(8)2/h3-4,7H,5-6,10H2,1-2H3,(H2,11,15). The number of nitrogens with two attached hydrogens (primary N) is 2. The lowest BCUT2D eigenvalue weighted by Gasteiger charge is -2.18. The van der Waals surface area contributed by atoms with Crippen LogP contribution in [0.3, 0.4) is 0 Å². The van der Waals surface area contributed by atoms with Crippen molar-refractivity contribution < 1.29 is 4.79 Å². The summed E-state index contributed by atoms with van der Waals surface area (Å²) in [6, 6.07) is -0.629. The normalized spacial score (nSPS) is 13.1. The molecule has 0 saturated heterocycles. The molecule has 15 heavy (non-hydrogen) atoms. The molecule has 1 aromatic rings. The Hall–Kier alpha value is -1.40. The van der Waals surface area contributed by atoms with E-state index < -0.39 is 11.9 Å². The molecular weight excluding hydrogens is 194 g/mol. The van der Waals surface area contributed by atoms with Crippen molar-refractivity contribution >= 4 is 5.91 Å². The van der Waals surface area contributed by atoms with Crippen molar-refractivity contribution in [2.75, 3.05) is 13.6 Å². The first-order valence-corrected chi connectivity index (χ1v) is 4.70. The highest BCUT2D eigenvalue weighted by atomic mass is 16.1. The zero-order chi connectivity index (χ0) is 11.4. The van der Waals surface area contributed by atoms with E-state index in [9.17, 15) is 4.79 Å². The van der Waals surface area contributed by atoms with Gasteiger partial charge in [0, 0.05) is 26.0 Å². The third-order valence-electron chi connectivity index (χ3n) is 2.21. The van der Waals surface area contributed by atoms with E-state index in [1.54, 1.807) is 6.20 Å². The Labute approximate surface area is 88.9 Å². The summed E-state index contributed by atoms with van der Waals surface area (Å²) in [7, 11) is 3.79. The SMILES string of the molecule is CN(Cc1nccn1C)CC(N)C(N)=O. The third kappa shape index (κ3) is 3.34. The molecule has 0 saturated carbocycles. The van der Waals surface area contributed by atoms with Crippen molar-refractivity contribution in [3.05, 3.63) is 18.2 Å². The molecule has 0 aliphatic heterocycles. The molecule has 0 aliphatic carbocycles. The molecule has 1 rings (SSSR count). The van der Waals surface area contributed by atoms with E-state index in [0.717, 1.165) is 5.82 Å². The minimum absolute atomic E-state index is 0.433. The lowest BCUT2D eigenvalue weighted by Crippen LogP contribution is -2.44. The van der Waals surface area contributed by atoms with Crippen molar-refractivity contribution in [1.82, 2.24) is 14.5 Å². The Kier molecular flexibility index (Phi) is 3.81. The Balaban J connectivity index is 2.46. The van der Waals surface area contributed by atoms with Crippen LogP contribution in [0.1, 0.15) is 5.82 Å². The average molecular weight is 211 g/mol. The minimum atomic E-state index is -0.629.